The van der Waals surface area contributed by atoms with Gasteiger partial charge in [0.25, 0.3) is 0 Å². The summed E-state index contributed by atoms with van der Waals surface area (Å²) < 4.78 is 18.1. The maximum Gasteiger partial charge on any atom is 0.128 e. The van der Waals surface area contributed by atoms with E-state index in [9.17, 15) is 4.39 Å². The maximum atomic E-state index is 13.2. The van der Waals surface area contributed by atoms with Crippen LogP contribution in [0.3, 0.4) is 0 Å². The van der Waals surface area contributed by atoms with Gasteiger partial charge in [-0.05, 0) is 24.6 Å². The van der Waals surface area contributed by atoms with Crippen LogP contribution in [0.25, 0.3) is 0 Å². The predicted octanol–water partition coefficient (Wildman–Crippen LogP) is 1.80. The van der Waals surface area contributed by atoms with Crippen LogP contribution in [0.4, 0.5) is 15.8 Å². The van der Waals surface area contributed by atoms with Crippen molar-refractivity contribution < 1.29 is 9.13 Å². The molecule has 1 rings (SSSR count). The Morgan fingerprint density at radius 1 is 1.47 bits per heavy atom. The third-order valence-electron chi connectivity index (χ3n) is 2.35. The van der Waals surface area contributed by atoms with Crippen LogP contribution in [0.5, 0.6) is 0 Å². The Morgan fingerprint density at radius 2 is 2.13 bits per heavy atom. The molecule has 0 aliphatic heterocycles. The molecule has 0 radical (unpaired) electrons. The molecule has 1 aromatic rings. The zero-order valence-corrected chi connectivity index (χ0v) is 9.38. The number of anilines is 2. The largest absolute Gasteiger partial charge is 0.397 e. The number of methoxy groups -OCH3 is 1. The summed E-state index contributed by atoms with van der Waals surface area (Å²) in [6.07, 6.45) is 0. The van der Waals surface area contributed by atoms with Crippen LogP contribution < -0.4 is 10.6 Å². The van der Waals surface area contributed by atoms with Crippen molar-refractivity contribution in [2.24, 2.45) is 0 Å². The number of nitrogens with two attached hydrogens (primary N) is 1. The van der Waals surface area contributed by atoms with Crippen molar-refractivity contribution in [3.63, 3.8) is 0 Å². The van der Waals surface area contributed by atoms with Crippen LogP contribution in [0.15, 0.2) is 12.1 Å². The summed E-state index contributed by atoms with van der Waals surface area (Å²) in [5, 5.41) is 0. The van der Waals surface area contributed by atoms with Gasteiger partial charge in [-0.2, -0.15) is 0 Å². The summed E-state index contributed by atoms with van der Waals surface area (Å²) in [7, 11) is 3.55. The summed E-state index contributed by atoms with van der Waals surface area (Å²) in [6, 6.07) is 3.11. The number of nitrogen functional groups attached to an aromatic ring is 1. The second-order valence-corrected chi connectivity index (χ2v) is 3.57. The third-order valence-corrected chi connectivity index (χ3v) is 2.35. The molecule has 3 nitrogen and oxygen atoms in total. The van der Waals surface area contributed by atoms with Crippen LogP contribution in [0, 0.1) is 12.7 Å². The Morgan fingerprint density at radius 3 is 2.73 bits per heavy atom. The first-order valence-corrected chi connectivity index (χ1v) is 4.82. The van der Waals surface area contributed by atoms with E-state index >= 15 is 0 Å². The number of aryl methyl sites for hydroxylation is 1. The van der Waals surface area contributed by atoms with E-state index < -0.39 is 0 Å². The van der Waals surface area contributed by atoms with Gasteiger partial charge in [0, 0.05) is 20.7 Å². The molecule has 0 saturated carbocycles. The number of ether oxygens (including phenoxy) is 1. The van der Waals surface area contributed by atoms with Gasteiger partial charge in [-0.25, -0.2) is 4.39 Å². The summed E-state index contributed by atoms with van der Waals surface area (Å²) in [5.41, 5.74) is 7.63. The molecule has 0 heterocycles. The molecule has 0 spiro atoms. The van der Waals surface area contributed by atoms with Gasteiger partial charge >= 0.3 is 0 Å². The van der Waals surface area contributed by atoms with Crippen molar-refractivity contribution in [3.8, 4) is 0 Å². The summed E-state index contributed by atoms with van der Waals surface area (Å²) in [6.45, 7) is 3.07. The van der Waals surface area contributed by atoms with E-state index in [1.807, 2.05) is 11.9 Å². The fourth-order valence-corrected chi connectivity index (χ4v) is 1.36. The average Bonchev–Trinajstić information content (AvgIpc) is 2.20. The number of halogens is 1. The summed E-state index contributed by atoms with van der Waals surface area (Å²) in [5.74, 6) is -0.267. The lowest BCUT2D eigenvalue weighted by atomic mass is 10.1. The van der Waals surface area contributed by atoms with E-state index in [1.165, 1.54) is 6.07 Å². The van der Waals surface area contributed by atoms with E-state index in [2.05, 4.69) is 0 Å². The number of hydrogen-bond acceptors (Lipinski definition) is 3. The highest BCUT2D eigenvalue weighted by Gasteiger charge is 2.08. The van der Waals surface area contributed by atoms with Crippen molar-refractivity contribution in [1.82, 2.24) is 0 Å². The number of hydrogen-bond donors (Lipinski definition) is 1. The molecule has 0 aromatic heterocycles. The van der Waals surface area contributed by atoms with Gasteiger partial charge in [0.2, 0.25) is 0 Å². The fourth-order valence-electron chi connectivity index (χ4n) is 1.36. The molecule has 4 heteroatoms. The predicted molar refractivity (Wildman–Crippen MR) is 60.7 cm³/mol. The molecule has 0 atom stereocenters. The highest BCUT2D eigenvalue weighted by molar-refractivity contribution is 5.68. The van der Waals surface area contributed by atoms with Gasteiger partial charge in [0.15, 0.2) is 0 Å². The fraction of sp³-hybridized carbons (Fsp3) is 0.455. The normalized spacial score (nSPS) is 10.4. The minimum absolute atomic E-state index is 0.267. The van der Waals surface area contributed by atoms with E-state index in [0.717, 1.165) is 12.2 Å². The highest BCUT2D eigenvalue weighted by Crippen LogP contribution is 2.25. The molecular weight excluding hydrogens is 195 g/mol. The smallest absolute Gasteiger partial charge is 0.128 e. The number of likely N-dealkylation sites (N-methyl/N-ethyl adjacent to an activating group) is 1. The summed E-state index contributed by atoms with van der Waals surface area (Å²) in [4.78, 5) is 1.95. The topological polar surface area (TPSA) is 38.5 Å². The Balaban J connectivity index is 2.88. The third kappa shape index (κ3) is 2.83. The second-order valence-electron chi connectivity index (χ2n) is 3.57. The first kappa shape index (κ1) is 11.8. The van der Waals surface area contributed by atoms with Crippen molar-refractivity contribution in [1.29, 1.82) is 0 Å². The second kappa shape index (κ2) is 4.98. The molecule has 0 unspecified atom stereocenters. The molecule has 15 heavy (non-hydrogen) atoms. The lowest BCUT2D eigenvalue weighted by Gasteiger charge is -2.21. The number of nitrogens with zero attached hydrogens (tertiary/aromatic N) is 1. The average molecular weight is 212 g/mol. The van der Waals surface area contributed by atoms with Crippen LogP contribution in [0.1, 0.15) is 5.56 Å². The minimum Gasteiger partial charge on any atom is -0.397 e. The molecule has 0 aliphatic rings. The zero-order chi connectivity index (χ0) is 11.4. The highest BCUT2D eigenvalue weighted by atomic mass is 19.1. The minimum atomic E-state index is -0.267. The van der Waals surface area contributed by atoms with Crippen molar-refractivity contribution in [2.75, 3.05) is 37.9 Å². The zero-order valence-electron chi connectivity index (χ0n) is 9.38. The van der Waals surface area contributed by atoms with Gasteiger partial charge in [0.1, 0.15) is 5.82 Å². The molecule has 0 fully saturated rings. The van der Waals surface area contributed by atoms with Gasteiger partial charge in [0.05, 0.1) is 18.0 Å². The molecule has 1 aromatic carbocycles. The lowest BCUT2D eigenvalue weighted by molar-refractivity contribution is 0.206. The van der Waals surface area contributed by atoms with Crippen molar-refractivity contribution in [2.45, 2.75) is 6.92 Å². The molecule has 0 aliphatic carbocycles. The maximum absolute atomic E-state index is 13.2. The first-order valence-electron chi connectivity index (χ1n) is 4.82. The van der Waals surface area contributed by atoms with Gasteiger partial charge in [-0.3, -0.25) is 0 Å². The lowest BCUT2D eigenvalue weighted by Crippen LogP contribution is -2.23. The SMILES string of the molecule is COCCN(C)c1cc(C)c(F)cc1N. The van der Waals surface area contributed by atoms with Crippen LogP contribution >= 0.6 is 0 Å². The Labute approximate surface area is 89.6 Å². The molecule has 2 N–H and O–H groups in total. The first-order chi connectivity index (χ1) is 7.06. The quantitative estimate of drug-likeness (QED) is 0.773. The van der Waals surface area contributed by atoms with Crippen LogP contribution in [-0.4, -0.2) is 27.3 Å². The van der Waals surface area contributed by atoms with E-state index in [0.29, 0.717) is 17.9 Å². The summed E-state index contributed by atoms with van der Waals surface area (Å²) >= 11 is 0. The van der Waals surface area contributed by atoms with E-state index in [-0.39, 0.29) is 5.82 Å². The van der Waals surface area contributed by atoms with Gasteiger partial charge in [-0.1, -0.05) is 0 Å². The molecule has 0 bridgehead atoms. The Kier molecular flexibility index (Phi) is 3.91. The molecule has 0 saturated heterocycles. The Bertz CT molecular complexity index is 342. The molecule has 84 valence electrons. The Hall–Kier alpha value is -1.29. The van der Waals surface area contributed by atoms with Crippen molar-refractivity contribution >= 4 is 11.4 Å². The van der Waals surface area contributed by atoms with E-state index in [4.69, 9.17) is 10.5 Å². The van der Waals surface area contributed by atoms with Crippen LogP contribution in [0.2, 0.25) is 0 Å². The number of benzene rings is 1. The van der Waals surface area contributed by atoms with Gasteiger partial charge in [-0.15, -0.1) is 0 Å². The van der Waals surface area contributed by atoms with Crippen LogP contribution in [-0.2, 0) is 4.74 Å². The molecule has 0 amide bonds. The van der Waals surface area contributed by atoms with Gasteiger partial charge < -0.3 is 15.4 Å². The van der Waals surface area contributed by atoms with E-state index in [1.54, 1.807) is 20.1 Å². The standard InChI is InChI=1S/C11H17FN2O/c1-8-6-11(10(13)7-9(8)12)14(2)4-5-15-3/h6-7H,4-5,13H2,1-3H3. The number of rotatable bonds is 4. The monoisotopic (exact) mass is 212 g/mol. The van der Waals surface area contributed by atoms with Crippen molar-refractivity contribution in [3.05, 3.63) is 23.5 Å². The molecular formula is C11H17FN2O.